The number of benzene rings is 1. The number of halogens is 6. The van der Waals surface area contributed by atoms with E-state index in [1.807, 2.05) is 0 Å². The van der Waals surface area contributed by atoms with Gasteiger partial charge in [-0.25, -0.2) is 4.79 Å². The van der Waals surface area contributed by atoms with E-state index >= 15 is 0 Å². The van der Waals surface area contributed by atoms with Crippen LogP contribution in [0.4, 0.5) is 31.1 Å². The van der Waals surface area contributed by atoms with E-state index in [0.29, 0.717) is 12.1 Å². The minimum absolute atomic E-state index is 0.00946. The van der Waals surface area contributed by atoms with E-state index in [2.05, 4.69) is 0 Å². The Bertz CT molecular complexity index is 843. The lowest BCUT2D eigenvalue weighted by Gasteiger charge is -2.47. The number of fused-ring (bicyclic) bond motifs is 2. The molecule has 178 valence electrons. The molecule has 0 spiro atoms. The SMILES string of the molecule is CC(C)(C)OC(=O)N1C2COCC1CC(C(=O)c1cc(C(F)(F)F)cc(C(F)(F)F)c1)C2. The molecule has 1 aromatic carbocycles. The number of hydrogen-bond acceptors (Lipinski definition) is 4. The van der Waals surface area contributed by atoms with E-state index in [1.165, 1.54) is 4.90 Å². The molecule has 2 fully saturated rings. The molecule has 0 N–H and O–H groups in total. The molecule has 0 aliphatic carbocycles. The van der Waals surface area contributed by atoms with E-state index in [1.54, 1.807) is 20.8 Å². The van der Waals surface area contributed by atoms with Crippen LogP contribution in [0, 0.1) is 5.92 Å². The first kappa shape index (κ1) is 24.3. The number of rotatable bonds is 2. The molecule has 1 amide bonds. The fourth-order valence-electron chi connectivity index (χ4n) is 4.07. The molecule has 32 heavy (non-hydrogen) atoms. The van der Waals surface area contributed by atoms with Gasteiger partial charge in [-0.15, -0.1) is 0 Å². The minimum Gasteiger partial charge on any atom is -0.444 e. The molecular formula is C21H23F6NO4. The van der Waals surface area contributed by atoms with E-state index in [9.17, 15) is 35.9 Å². The molecule has 2 aliphatic rings. The molecule has 2 heterocycles. The predicted octanol–water partition coefficient (Wildman–Crippen LogP) is 5.32. The van der Waals surface area contributed by atoms with Gasteiger partial charge in [0.2, 0.25) is 0 Å². The van der Waals surface area contributed by atoms with Crippen LogP contribution in [-0.2, 0) is 21.8 Å². The summed E-state index contributed by atoms with van der Waals surface area (Å²) in [5.74, 6) is -1.67. The number of piperidine rings is 1. The topological polar surface area (TPSA) is 55.8 Å². The summed E-state index contributed by atoms with van der Waals surface area (Å²) in [6.07, 6.45) is -10.6. The van der Waals surface area contributed by atoms with Crippen LogP contribution in [0.3, 0.4) is 0 Å². The van der Waals surface area contributed by atoms with Crippen LogP contribution in [0.5, 0.6) is 0 Å². The summed E-state index contributed by atoms with van der Waals surface area (Å²) in [7, 11) is 0. The van der Waals surface area contributed by atoms with Crippen molar-refractivity contribution in [3.05, 3.63) is 34.9 Å². The first-order chi connectivity index (χ1) is 14.6. The van der Waals surface area contributed by atoms with Gasteiger partial charge in [0.1, 0.15) is 5.60 Å². The zero-order valence-electron chi connectivity index (χ0n) is 17.6. The van der Waals surface area contributed by atoms with Crippen LogP contribution >= 0.6 is 0 Å². The molecule has 0 aromatic heterocycles. The summed E-state index contributed by atoms with van der Waals surface area (Å²) in [4.78, 5) is 27.0. The zero-order chi connectivity index (χ0) is 24.1. The highest BCUT2D eigenvalue weighted by atomic mass is 19.4. The number of hydrogen-bond donors (Lipinski definition) is 0. The standard InChI is InChI=1S/C21H23F6NO4/c1-19(2,3)32-18(30)28-15-6-12(7-16(28)10-31-9-15)17(29)11-4-13(20(22,23)24)8-14(5-11)21(25,26)27/h4-5,8,12,15-16H,6-7,9-10H2,1-3H3. The summed E-state index contributed by atoms with van der Waals surface area (Å²) >= 11 is 0. The van der Waals surface area contributed by atoms with Gasteiger partial charge >= 0.3 is 18.4 Å². The number of Topliss-reactive ketones (excluding diaryl/α,β-unsaturated/α-hetero) is 1. The molecule has 2 saturated heterocycles. The van der Waals surface area contributed by atoms with Gasteiger partial charge in [-0.1, -0.05) is 0 Å². The predicted molar refractivity (Wildman–Crippen MR) is 100.0 cm³/mol. The van der Waals surface area contributed by atoms with Crippen LogP contribution in [0.15, 0.2) is 18.2 Å². The van der Waals surface area contributed by atoms with Crippen LogP contribution in [0.1, 0.15) is 55.1 Å². The van der Waals surface area contributed by atoms with Gasteiger partial charge in [0.25, 0.3) is 0 Å². The smallest absolute Gasteiger partial charge is 0.416 e. The molecule has 2 aliphatic heterocycles. The van der Waals surface area contributed by atoms with Crippen molar-refractivity contribution in [1.82, 2.24) is 4.90 Å². The third-order valence-electron chi connectivity index (χ3n) is 5.37. The monoisotopic (exact) mass is 467 g/mol. The lowest BCUT2D eigenvalue weighted by Crippen LogP contribution is -2.60. The second-order valence-corrected chi connectivity index (χ2v) is 9.06. The molecule has 2 bridgehead atoms. The second-order valence-electron chi connectivity index (χ2n) is 9.06. The van der Waals surface area contributed by atoms with E-state index in [0.717, 1.165) is 0 Å². The zero-order valence-corrected chi connectivity index (χ0v) is 17.6. The molecule has 1 aromatic rings. The Hall–Kier alpha value is -2.30. The number of carbonyl (C=O) groups excluding carboxylic acids is 2. The van der Waals surface area contributed by atoms with Gasteiger partial charge in [-0.3, -0.25) is 9.69 Å². The van der Waals surface area contributed by atoms with Gasteiger partial charge in [0.05, 0.1) is 36.4 Å². The Morgan fingerprint density at radius 3 is 1.78 bits per heavy atom. The number of amides is 1. The van der Waals surface area contributed by atoms with Gasteiger partial charge in [0, 0.05) is 11.5 Å². The second kappa shape index (κ2) is 8.24. The first-order valence-electron chi connectivity index (χ1n) is 9.99. The van der Waals surface area contributed by atoms with Crippen molar-refractivity contribution in [3.8, 4) is 0 Å². The average Bonchev–Trinajstić information content (AvgIpc) is 2.63. The highest BCUT2D eigenvalue weighted by Gasteiger charge is 2.46. The number of nitrogens with zero attached hydrogens (tertiary/aromatic N) is 1. The number of ketones is 1. The van der Waals surface area contributed by atoms with Crippen molar-refractivity contribution in [2.24, 2.45) is 5.92 Å². The molecule has 0 saturated carbocycles. The summed E-state index contributed by atoms with van der Waals surface area (Å²) in [6, 6.07) is -0.253. The summed E-state index contributed by atoms with van der Waals surface area (Å²) in [5, 5.41) is 0. The quantitative estimate of drug-likeness (QED) is 0.436. The molecule has 3 rings (SSSR count). The number of ether oxygens (including phenoxy) is 2. The van der Waals surface area contributed by atoms with E-state index < -0.39 is 64.5 Å². The fraction of sp³-hybridized carbons (Fsp3) is 0.619. The Kier molecular flexibility index (Phi) is 6.27. The molecular weight excluding hydrogens is 444 g/mol. The molecule has 2 atom stereocenters. The van der Waals surface area contributed by atoms with Crippen LogP contribution in [0.25, 0.3) is 0 Å². The average molecular weight is 467 g/mol. The van der Waals surface area contributed by atoms with Crippen LogP contribution in [-0.4, -0.2) is 47.7 Å². The summed E-state index contributed by atoms with van der Waals surface area (Å²) in [5.41, 5.74) is -4.48. The third kappa shape index (κ3) is 5.36. The molecule has 2 unspecified atom stereocenters. The Morgan fingerprint density at radius 1 is 0.906 bits per heavy atom. The number of carbonyl (C=O) groups is 2. The van der Waals surface area contributed by atoms with E-state index in [4.69, 9.17) is 9.47 Å². The maximum atomic E-state index is 13.2. The first-order valence-corrected chi connectivity index (χ1v) is 9.99. The van der Waals surface area contributed by atoms with Crippen molar-refractivity contribution >= 4 is 11.9 Å². The minimum atomic E-state index is -5.04. The highest BCUT2D eigenvalue weighted by Crippen LogP contribution is 2.39. The normalized spacial score (nSPS) is 24.3. The van der Waals surface area contributed by atoms with Crippen molar-refractivity contribution in [3.63, 3.8) is 0 Å². The van der Waals surface area contributed by atoms with E-state index in [-0.39, 0.29) is 32.1 Å². The van der Waals surface area contributed by atoms with Crippen molar-refractivity contribution in [1.29, 1.82) is 0 Å². The molecule has 5 nitrogen and oxygen atoms in total. The van der Waals surface area contributed by atoms with Crippen LogP contribution < -0.4 is 0 Å². The number of alkyl halides is 6. The van der Waals surface area contributed by atoms with Crippen molar-refractivity contribution in [2.75, 3.05) is 13.2 Å². The van der Waals surface area contributed by atoms with Gasteiger partial charge in [-0.2, -0.15) is 26.3 Å². The maximum absolute atomic E-state index is 13.2. The fourth-order valence-corrected chi connectivity index (χ4v) is 4.07. The summed E-state index contributed by atoms with van der Waals surface area (Å²) in [6.45, 7) is 5.27. The molecule has 11 heteroatoms. The van der Waals surface area contributed by atoms with Crippen molar-refractivity contribution in [2.45, 2.75) is 63.7 Å². The highest BCUT2D eigenvalue weighted by molar-refractivity contribution is 5.98. The largest absolute Gasteiger partial charge is 0.444 e. The number of morpholine rings is 1. The summed E-state index contributed by atoms with van der Waals surface area (Å²) < 4.78 is 89.8. The van der Waals surface area contributed by atoms with Crippen molar-refractivity contribution < 1.29 is 45.4 Å². The lowest BCUT2D eigenvalue weighted by molar-refractivity contribution is -0.143. The third-order valence-corrected chi connectivity index (χ3v) is 5.37. The maximum Gasteiger partial charge on any atom is 0.416 e. The van der Waals surface area contributed by atoms with Gasteiger partial charge in [0.15, 0.2) is 5.78 Å². The Morgan fingerprint density at radius 2 is 1.38 bits per heavy atom. The van der Waals surface area contributed by atoms with Gasteiger partial charge < -0.3 is 9.47 Å². The Labute approximate surface area is 180 Å². The Balaban J connectivity index is 1.88. The van der Waals surface area contributed by atoms with Gasteiger partial charge in [-0.05, 0) is 51.8 Å². The molecule has 0 radical (unpaired) electrons. The lowest BCUT2D eigenvalue weighted by atomic mass is 9.80. The van der Waals surface area contributed by atoms with Crippen LogP contribution in [0.2, 0.25) is 0 Å².